The standard InChI is InChI=1S/C15H19ClFNO/c1-10(2)8-15(7-6-13(19)18-15)9-11-4-3-5-12(16)14(11)17/h3-5,10H,6-9H2,1-2H3,(H,18,19). The molecule has 2 nitrogen and oxygen atoms in total. The predicted molar refractivity (Wildman–Crippen MR) is 74.7 cm³/mol. The van der Waals surface area contributed by atoms with Crippen LogP contribution in [-0.4, -0.2) is 11.4 Å². The summed E-state index contributed by atoms with van der Waals surface area (Å²) in [6, 6.07) is 5.04. The maximum atomic E-state index is 14.0. The van der Waals surface area contributed by atoms with Crippen LogP contribution in [0.3, 0.4) is 0 Å². The summed E-state index contributed by atoms with van der Waals surface area (Å²) in [5.74, 6) is 0.136. The van der Waals surface area contributed by atoms with E-state index in [2.05, 4.69) is 19.2 Å². The van der Waals surface area contributed by atoms with Gasteiger partial charge < -0.3 is 5.32 Å². The Morgan fingerprint density at radius 3 is 2.79 bits per heavy atom. The van der Waals surface area contributed by atoms with E-state index in [1.165, 1.54) is 0 Å². The van der Waals surface area contributed by atoms with Crippen molar-refractivity contribution in [2.75, 3.05) is 0 Å². The summed E-state index contributed by atoms with van der Waals surface area (Å²) in [7, 11) is 0. The molecule has 0 bridgehead atoms. The average molecular weight is 284 g/mol. The molecule has 0 spiro atoms. The van der Waals surface area contributed by atoms with E-state index in [0.29, 0.717) is 24.3 Å². The Morgan fingerprint density at radius 1 is 1.47 bits per heavy atom. The Labute approximate surface area is 118 Å². The first-order valence-corrected chi connectivity index (χ1v) is 7.03. The maximum Gasteiger partial charge on any atom is 0.220 e. The van der Waals surface area contributed by atoms with Gasteiger partial charge in [-0.05, 0) is 36.8 Å². The van der Waals surface area contributed by atoms with Crippen LogP contribution in [0, 0.1) is 11.7 Å². The van der Waals surface area contributed by atoms with Gasteiger partial charge in [0, 0.05) is 12.0 Å². The highest BCUT2D eigenvalue weighted by Crippen LogP contribution is 2.32. The Bertz CT molecular complexity index is 489. The summed E-state index contributed by atoms with van der Waals surface area (Å²) in [5, 5.41) is 3.19. The van der Waals surface area contributed by atoms with E-state index in [1.807, 2.05) is 0 Å². The fourth-order valence-electron chi connectivity index (χ4n) is 2.96. The highest BCUT2D eigenvalue weighted by molar-refractivity contribution is 6.30. The molecule has 1 aliphatic heterocycles. The van der Waals surface area contributed by atoms with Gasteiger partial charge in [0.2, 0.25) is 5.91 Å². The van der Waals surface area contributed by atoms with Crippen LogP contribution in [-0.2, 0) is 11.2 Å². The van der Waals surface area contributed by atoms with Crippen LogP contribution in [0.25, 0.3) is 0 Å². The molecule has 1 N–H and O–H groups in total. The van der Waals surface area contributed by atoms with Crippen LogP contribution in [0.1, 0.15) is 38.7 Å². The summed E-state index contributed by atoms with van der Waals surface area (Å²) in [6.45, 7) is 4.22. The second kappa shape index (κ2) is 5.49. The minimum atomic E-state index is -0.367. The highest BCUT2D eigenvalue weighted by atomic mass is 35.5. The zero-order valence-corrected chi connectivity index (χ0v) is 12.1. The van der Waals surface area contributed by atoms with Crippen LogP contribution in [0.4, 0.5) is 4.39 Å². The van der Waals surface area contributed by atoms with Gasteiger partial charge >= 0.3 is 0 Å². The number of nitrogens with one attached hydrogen (secondary N) is 1. The fraction of sp³-hybridized carbons (Fsp3) is 0.533. The monoisotopic (exact) mass is 283 g/mol. The van der Waals surface area contributed by atoms with Crippen LogP contribution in [0.5, 0.6) is 0 Å². The van der Waals surface area contributed by atoms with E-state index in [4.69, 9.17) is 11.6 Å². The average Bonchev–Trinajstić information content (AvgIpc) is 2.66. The molecule has 2 rings (SSSR count). The van der Waals surface area contributed by atoms with Gasteiger partial charge in [-0.2, -0.15) is 0 Å². The van der Waals surface area contributed by atoms with Crippen molar-refractivity contribution in [2.45, 2.75) is 45.1 Å². The minimum Gasteiger partial charge on any atom is -0.350 e. The van der Waals surface area contributed by atoms with E-state index >= 15 is 0 Å². The van der Waals surface area contributed by atoms with Crippen molar-refractivity contribution in [3.05, 3.63) is 34.6 Å². The third kappa shape index (κ3) is 3.27. The van der Waals surface area contributed by atoms with E-state index in [1.54, 1.807) is 18.2 Å². The van der Waals surface area contributed by atoms with Gasteiger partial charge in [-0.15, -0.1) is 0 Å². The van der Waals surface area contributed by atoms with E-state index in [0.717, 1.165) is 12.8 Å². The molecule has 1 atom stereocenters. The second-order valence-corrected chi connectivity index (χ2v) is 6.22. The normalized spacial score (nSPS) is 22.9. The Balaban J connectivity index is 2.26. The molecule has 1 aromatic carbocycles. The maximum absolute atomic E-state index is 14.0. The lowest BCUT2D eigenvalue weighted by molar-refractivity contribution is -0.119. The molecule has 1 fully saturated rings. The Morgan fingerprint density at radius 2 is 2.21 bits per heavy atom. The summed E-state index contributed by atoms with van der Waals surface area (Å²) in [6.07, 6.45) is 2.64. The molecule has 0 radical (unpaired) electrons. The molecule has 1 heterocycles. The first-order valence-electron chi connectivity index (χ1n) is 6.66. The minimum absolute atomic E-state index is 0.0584. The molecule has 104 valence electrons. The first-order chi connectivity index (χ1) is 8.92. The van der Waals surface area contributed by atoms with E-state index in [9.17, 15) is 9.18 Å². The van der Waals surface area contributed by atoms with Crippen molar-refractivity contribution in [1.82, 2.24) is 5.32 Å². The van der Waals surface area contributed by atoms with Gasteiger partial charge in [0.25, 0.3) is 0 Å². The number of carbonyl (C=O) groups excluding carboxylic acids is 1. The van der Waals surface area contributed by atoms with E-state index < -0.39 is 0 Å². The predicted octanol–water partition coefficient (Wildman–Crippen LogP) is 3.72. The lowest BCUT2D eigenvalue weighted by Gasteiger charge is -2.31. The summed E-state index contributed by atoms with van der Waals surface area (Å²) in [5.41, 5.74) is 0.256. The number of hydrogen-bond acceptors (Lipinski definition) is 1. The quantitative estimate of drug-likeness (QED) is 0.896. The molecule has 1 aliphatic rings. The van der Waals surface area contributed by atoms with Crippen molar-refractivity contribution >= 4 is 17.5 Å². The van der Waals surface area contributed by atoms with Crippen molar-refractivity contribution in [3.8, 4) is 0 Å². The van der Waals surface area contributed by atoms with Crippen LogP contribution >= 0.6 is 11.6 Å². The molecule has 4 heteroatoms. The number of carbonyl (C=O) groups is 1. The van der Waals surface area contributed by atoms with Crippen LogP contribution in [0.2, 0.25) is 5.02 Å². The van der Waals surface area contributed by atoms with Gasteiger partial charge in [-0.3, -0.25) is 4.79 Å². The third-order valence-electron chi connectivity index (χ3n) is 3.59. The summed E-state index contributed by atoms with van der Waals surface area (Å²) < 4.78 is 14.0. The van der Waals surface area contributed by atoms with Gasteiger partial charge in [0.15, 0.2) is 0 Å². The molecular weight excluding hydrogens is 265 g/mol. The molecule has 0 aromatic heterocycles. The third-order valence-corrected chi connectivity index (χ3v) is 3.89. The van der Waals surface area contributed by atoms with Gasteiger partial charge in [-0.25, -0.2) is 4.39 Å². The highest BCUT2D eigenvalue weighted by Gasteiger charge is 2.38. The van der Waals surface area contributed by atoms with Crippen molar-refractivity contribution in [3.63, 3.8) is 0 Å². The number of amides is 1. The molecule has 1 amide bonds. The van der Waals surface area contributed by atoms with Gasteiger partial charge in [-0.1, -0.05) is 37.6 Å². The molecule has 19 heavy (non-hydrogen) atoms. The topological polar surface area (TPSA) is 29.1 Å². The van der Waals surface area contributed by atoms with Crippen LogP contribution < -0.4 is 5.32 Å². The smallest absolute Gasteiger partial charge is 0.220 e. The summed E-state index contributed by atoms with van der Waals surface area (Å²) in [4.78, 5) is 11.6. The lowest BCUT2D eigenvalue weighted by atomic mass is 9.82. The van der Waals surface area contributed by atoms with E-state index in [-0.39, 0.29) is 22.3 Å². The van der Waals surface area contributed by atoms with Crippen molar-refractivity contribution in [1.29, 1.82) is 0 Å². The first kappa shape index (κ1) is 14.3. The Hall–Kier alpha value is -1.09. The number of benzene rings is 1. The molecule has 1 unspecified atom stereocenters. The second-order valence-electron chi connectivity index (χ2n) is 5.82. The molecule has 0 aliphatic carbocycles. The molecule has 1 aromatic rings. The SMILES string of the molecule is CC(C)CC1(Cc2cccc(Cl)c2F)CCC(=O)N1. The fourth-order valence-corrected chi connectivity index (χ4v) is 3.16. The van der Waals surface area contributed by atoms with Crippen molar-refractivity contribution < 1.29 is 9.18 Å². The number of halogens is 2. The van der Waals surface area contributed by atoms with Gasteiger partial charge in [0.1, 0.15) is 5.82 Å². The molecule has 1 saturated heterocycles. The molecular formula is C15H19ClFNO. The summed E-state index contributed by atoms with van der Waals surface area (Å²) >= 11 is 5.82. The lowest BCUT2D eigenvalue weighted by Crippen LogP contribution is -2.44. The molecule has 0 saturated carbocycles. The number of hydrogen-bond donors (Lipinski definition) is 1. The van der Waals surface area contributed by atoms with Crippen molar-refractivity contribution in [2.24, 2.45) is 5.92 Å². The largest absolute Gasteiger partial charge is 0.350 e. The van der Waals surface area contributed by atoms with Gasteiger partial charge in [0.05, 0.1) is 5.02 Å². The zero-order chi connectivity index (χ0) is 14.0. The number of rotatable bonds is 4. The van der Waals surface area contributed by atoms with Crippen LogP contribution in [0.15, 0.2) is 18.2 Å². The Kier molecular flexibility index (Phi) is 4.14. The zero-order valence-electron chi connectivity index (χ0n) is 11.3.